The summed E-state index contributed by atoms with van der Waals surface area (Å²) in [6, 6.07) is -1.36. The number of hydrogen-bond donors (Lipinski definition) is 1. The van der Waals surface area contributed by atoms with Crippen LogP contribution in [0.4, 0.5) is 13.2 Å². The Kier molecular flexibility index (Phi) is 4.42. The molecule has 2 heterocycles. The van der Waals surface area contributed by atoms with Crippen molar-refractivity contribution in [2.75, 3.05) is 32.7 Å². The smallest absolute Gasteiger partial charge is 0.315 e. The summed E-state index contributed by atoms with van der Waals surface area (Å²) in [6.07, 6.45) is -2.60. The Morgan fingerprint density at radius 3 is 2.55 bits per heavy atom. The third kappa shape index (κ3) is 3.86. The van der Waals surface area contributed by atoms with Crippen LogP contribution in [0.3, 0.4) is 0 Å². The summed E-state index contributed by atoms with van der Waals surface area (Å²) in [4.78, 5) is 3.36. The van der Waals surface area contributed by atoms with Gasteiger partial charge in [-0.15, -0.1) is 0 Å². The van der Waals surface area contributed by atoms with Gasteiger partial charge in [-0.2, -0.15) is 13.2 Å². The SMILES string of the molecule is [2H]C1([2H])CCNCC(C)N1C1CCN([C@@H](C)C(F)(F)F)CC1. The Morgan fingerprint density at radius 2 is 1.95 bits per heavy atom. The van der Waals surface area contributed by atoms with Crippen molar-refractivity contribution < 1.29 is 15.9 Å². The van der Waals surface area contributed by atoms with Crippen molar-refractivity contribution in [2.24, 2.45) is 0 Å². The standard InChI is InChI=1S/C14H26F3N3/c1-11-10-18-6-3-7-20(11)13-4-8-19(9-5-13)12(2)14(15,16)17/h11-13,18H,3-10H2,1-2H3/t11?,12-/m0/s1/i7D2. The van der Waals surface area contributed by atoms with E-state index in [1.165, 1.54) is 11.8 Å². The molecule has 0 saturated carbocycles. The van der Waals surface area contributed by atoms with Gasteiger partial charge in [0.25, 0.3) is 0 Å². The second kappa shape index (κ2) is 6.62. The number of halogens is 3. The highest BCUT2D eigenvalue weighted by atomic mass is 19.4. The van der Waals surface area contributed by atoms with Crippen molar-refractivity contribution in [1.82, 2.24) is 15.1 Å². The fourth-order valence-electron chi connectivity index (χ4n) is 3.09. The average molecular weight is 295 g/mol. The van der Waals surface area contributed by atoms with Gasteiger partial charge in [-0.25, -0.2) is 0 Å². The second-order valence-corrected chi connectivity index (χ2v) is 5.85. The third-order valence-electron chi connectivity index (χ3n) is 4.42. The minimum atomic E-state index is -4.19. The van der Waals surface area contributed by atoms with Crippen LogP contribution in [-0.4, -0.2) is 66.8 Å². The molecule has 3 nitrogen and oxygen atoms in total. The van der Waals surface area contributed by atoms with Crippen molar-refractivity contribution >= 4 is 0 Å². The van der Waals surface area contributed by atoms with Crippen LogP contribution in [-0.2, 0) is 0 Å². The Balaban J connectivity index is 2.00. The maximum absolute atomic E-state index is 12.8. The van der Waals surface area contributed by atoms with Crippen LogP contribution < -0.4 is 5.32 Å². The van der Waals surface area contributed by atoms with E-state index in [2.05, 4.69) is 5.32 Å². The fourth-order valence-corrected chi connectivity index (χ4v) is 3.09. The molecular formula is C14H26F3N3. The lowest BCUT2D eigenvalue weighted by Crippen LogP contribution is -2.53. The van der Waals surface area contributed by atoms with Gasteiger partial charge in [-0.3, -0.25) is 9.80 Å². The predicted octanol–water partition coefficient (Wildman–Crippen LogP) is 2.09. The zero-order valence-electron chi connectivity index (χ0n) is 14.2. The molecule has 0 amide bonds. The van der Waals surface area contributed by atoms with Crippen molar-refractivity contribution in [2.45, 2.75) is 57.4 Å². The number of likely N-dealkylation sites (tertiary alicyclic amines) is 1. The van der Waals surface area contributed by atoms with Gasteiger partial charge < -0.3 is 5.32 Å². The maximum atomic E-state index is 12.8. The Labute approximate surface area is 122 Å². The summed E-state index contributed by atoms with van der Waals surface area (Å²) in [7, 11) is 0. The molecule has 0 aliphatic carbocycles. The van der Waals surface area contributed by atoms with Gasteiger partial charge >= 0.3 is 6.18 Å². The topological polar surface area (TPSA) is 18.5 Å². The number of hydrogen-bond acceptors (Lipinski definition) is 3. The van der Waals surface area contributed by atoms with Crippen molar-refractivity contribution in [3.63, 3.8) is 0 Å². The van der Waals surface area contributed by atoms with Gasteiger partial charge in [0.15, 0.2) is 0 Å². The van der Waals surface area contributed by atoms with Crippen LogP contribution in [0.2, 0.25) is 0 Å². The predicted molar refractivity (Wildman–Crippen MR) is 73.8 cm³/mol. The highest BCUT2D eigenvalue weighted by Crippen LogP contribution is 2.28. The normalized spacial score (nSPS) is 34.1. The van der Waals surface area contributed by atoms with E-state index in [-0.39, 0.29) is 12.1 Å². The molecule has 2 fully saturated rings. The first-order valence-electron chi connectivity index (χ1n) is 8.43. The molecule has 0 aromatic rings. The molecule has 0 bridgehead atoms. The zero-order chi connectivity index (χ0) is 16.5. The van der Waals surface area contributed by atoms with Crippen LogP contribution in [0.5, 0.6) is 0 Å². The molecule has 6 heteroatoms. The van der Waals surface area contributed by atoms with Crippen LogP contribution in [0, 0.1) is 0 Å². The minimum Gasteiger partial charge on any atom is -0.315 e. The lowest BCUT2D eigenvalue weighted by molar-refractivity contribution is -0.182. The monoisotopic (exact) mass is 295 g/mol. The molecule has 0 aromatic heterocycles. The van der Waals surface area contributed by atoms with Crippen molar-refractivity contribution in [1.29, 1.82) is 0 Å². The first kappa shape index (κ1) is 13.3. The van der Waals surface area contributed by atoms with Crippen molar-refractivity contribution in [3.05, 3.63) is 0 Å². The Hall–Kier alpha value is -0.330. The number of piperidine rings is 1. The first-order valence-corrected chi connectivity index (χ1v) is 7.43. The molecule has 118 valence electrons. The Morgan fingerprint density at radius 1 is 1.30 bits per heavy atom. The van der Waals surface area contributed by atoms with Gasteiger partial charge in [0.1, 0.15) is 6.04 Å². The summed E-state index contributed by atoms with van der Waals surface area (Å²) in [5, 5.41) is 3.23. The van der Waals surface area contributed by atoms with Gasteiger partial charge in [0.05, 0.1) is 0 Å². The van der Waals surface area contributed by atoms with E-state index in [1.54, 1.807) is 0 Å². The summed E-state index contributed by atoms with van der Waals surface area (Å²) < 4.78 is 55.0. The summed E-state index contributed by atoms with van der Waals surface area (Å²) in [5.74, 6) is 0. The summed E-state index contributed by atoms with van der Waals surface area (Å²) in [6.45, 7) is 3.90. The molecule has 2 aliphatic rings. The number of nitrogens with one attached hydrogen (secondary N) is 1. The van der Waals surface area contributed by atoms with Crippen LogP contribution in [0.15, 0.2) is 0 Å². The lowest BCUT2D eigenvalue weighted by atomic mass is 10.00. The molecule has 1 N–H and O–H groups in total. The summed E-state index contributed by atoms with van der Waals surface area (Å²) >= 11 is 0. The molecule has 0 spiro atoms. The van der Waals surface area contributed by atoms with Crippen LogP contribution in [0.1, 0.15) is 35.9 Å². The molecule has 2 atom stereocenters. The van der Waals surface area contributed by atoms with E-state index < -0.39 is 18.7 Å². The van der Waals surface area contributed by atoms with Crippen LogP contribution in [0.25, 0.3) is 0 Å². The van der Waals surface area contributed by atoms with Crippen LogP contribution >= 0.6 is 0 Å². The number of rotatable bonds is 2. The molecule has 0 radical (unpaired) electrons. The highest BCUT2D eigenvalue weighted by Gasteiger charge is 2.41. The van der Waals surface area contributed by atoms with Gasteiger partial charge in [0.2, 0.25) is 0 Å². The highest BCUT2D eigenvalue weighted by molar-refractivity contribution is 4.87. The van der Waals surface area contributed by atoms with E-state index in [0.29, 0.717) is 38.9 Å². The molecule has 0 aromatic carbocycles. The molecule has 2 saturated heterocycles. The minimum absolute atomic E-state index is 0.0154. The van der Waals surface area contributed by atoms with Gasteiger partial charge in [-0.05, 0) is 46.2 Å². The first-order chi connectivity index (χ1) is 10.1. The van der Waals surface area contributed by atoms with E-state index in [4.69, 9.17) is 2.74 Å². The van der Waals surface area contributed by atoms with E-state index in [9.17, 15) is 13.2 Å². The molecule has 2 rings (SSSR count). The van der Waals surface area contributed by atoms with Gasteiger partial charge in [0, 0.05) is 34.5 Å². The zero-order valence-corrected chi connectivity index (χ0v) is 12.2. The molecule has 20 heavy (non-hydrogen) atoms. The third-order valence-corrected chi connectivity index (χ3v) is 4.42. The van der Waals surface area contributed by atoms with E-state index in [0.717, 1.165) is 6.54 Å². The molecular weight excluding hydrogens is 267 g/mol. The number of nitrogens with zero attached hydrogens (tertiary/aromatic N) is 2. The molecule has 1 unspecified atom stereocenters. The maximum Gasteiger partial charge on any atom is 0.403 e. The Bertz CT molecular complexity index is 371. The largest absolute Gasteiger partial charge is 0.403 e. The van der Waals surface area contributed by atoms with E-state index in [1.807, 2.05) is 11.8 Å². The quantitative estimate of drug-likeness (QED) is 0.841. The average Bonchev–Trinajstić information content (AvgIpc) is 2.55. The second-order valence-electron chi connectivity index (χ2n) is 5.85. The van der Waals surface area contributed by atoms with Gasteiger partial charge in [-0.1, -0.05) is 0 Å². The fraction of sp³-hybridized carbons (Fsp3) is 1.00. The number of alkyl halides is 3. The van der Waals surface area contributed by atoms with Crippen molar-refractivity contribution in [3.8, 4) is 0 Å². The van der Waals surface area contributed by atoms with E-state index >= 15 is 0 Å². The summed E-state index contributed by atoms with van der Waals surface area (Å²) in [5.41, 5.74) is 0. The lowest BCUT2D eigenvalue weighted by Gasteiger charge is -2.42. The molecule has 2 aliphatic heterocycles.